The van der Waals surface area contributed by atoms with Gasteiger partial charge in [0.15, 0.2) is 0 Å². The second-order valence-corrected chi connectivity index (χ2v) is 6.04. The van der Waals surface area contributed by atoms with E-state index in [1.165, 1.54) is 25.8 Å². The summed E-state index contributed by atoms with van der Waals surface area (Å²) in [6, 6.07) is 0.446. The Hall–Kier alpha value is -0.870. The zero-order valence-electron chi connectivity index (χ0n) is 11.1. The normalized spacial score (nSPS) is 22.2. The summed E-state index contributed by atoms with van der Waals surface area (Å²) in [4.78, 5) is 10.7. The van der Waals surface area contributed by atoms with Crippen LogP contribution < -0.4 is 4.74 Å². The molecule has 1 aromatic rings. The molecule has 2 fully saturated rings. The molecule has 0 bridgehead atoms. The first-order valence-corrected chi connectivity index (χ1v) is 7.54. The molecule has 0 aromatic carbocycles. The summed E-state index contributed by atoms with van der Waals surface area (Å²) >= 11 is 5.75. The largest absolute Gasteiger partial charge is 0.460 e. The van der Waals surface area contributed by atoms with Crippen LogP contribution in [0.2, 0.25) is 5.02 Å². The summed E-state index contributed by atoms with van der Waals surface area (Å²) in [5, 5.41) is 0.544. The van der Waals surface area contributed by atoms with E-state index in [4.69, 9.17) is 16.3 Å². The summed E-state index contributed by atoms with van der Waals surface area (Å²) in [5.74, 6) is 0.956. The van der Waals surface area contributed by atoms with Crippen molar-refractivity contribution in [3.63, 3.8) is 0 Å². The quantitative estimate of drug-likeness (QED) is 0.851. The summed E-state index contributed by atoms with van der Waals surface area (Å²) < 4.78 is 5.80. The van der Waals surface area contributed by atoms with Crippen LogP contribution in [0.1, 0.15) is 32.1 Å². The summed E-state index contributed by atoms with van der Waals surface area (Å²) in [7, 11) is 0. The van der Waals surface area contributed by atoms with Crippen molar-refractivity contribution < 1.29 is 4.74 Å². The third-order valence-electron chi connectivity index (χ3n) is 4.14. The lowest BCUT2D eigenvalue weighted by Crippen LogP contribution is -2.41. The third-order valence-corrected chi connectivity index (χ3v) is 4.34. The summed E-state index contributed by atoms with van der Waals surface area (Å²) in [5.41, 5.74) is 0. The Balaban J connectivity index is 1.43. The number of rotatable bonds is 4. The Morgan fingerprint density at radius 1 is 1.16 bits per heavy atom. The molecule has 0 unspecified atom stereocenters. The highest BCUT2D eigenvalue weighted by Gasteiger charge is 2.25. The second kappa shape index (κ2) is 6.06. The highest BCUT2D eigenvalue weighted by Crippen LogP contribution is 2.28. The standard InChI is InChI=1S/C14H20ClN3O/c15-12-8-16-14(17-9-12)19-13-4-6-18(7-5-13)10-11-2-1-3-11/h8-9,11,13H,1-7,10H2. The van der Waals surface area contributed by atoms with Gasteiger partial charge in [-0.05, 0) is 31.6 Å². The van der Waals surface area contributed by atoms with Crippen molar-refractivity contribution in [3.05, 3.63) is 17.4 Å². The van der Waals surface area contributed by atoms with Gasteiger partial charge in [-0.25, -0.2) is 9.97 Å². The average Bonchev–Trinajstić information content (AvgIpc) is 2.38. The minimum atomic E-state index is 0.249. The number of hydrogen-bond acceptors (Lipinski definition) is 4. The molecule has 104 valence electrons. The van der Waals surface area contributed by atoms with Crippen molar-refractivity contribution in [3.8, 4) is 6.01 Å². The molecule has 1 saturated heterocycles. The molecule has 1 aromatic heterocycles. The molecule has 3 rings (SSSR count). The molecule has 0 radical (unpaired) electrons. The van der Waals surface area contributed by atoms with Gasteiger partial charge in [-0.1, -0.05) is 18.0 Å². The van der Waals surface area contributed by atoms with Crippen LogP contribution in [0.5, 0.6) is 6.01 Å². The van der Waals surface area contributed by atoms with Gasteiger partial charge in [0.25, 0.3) is 0 Å². The Morgan fingerprint density at radius 2 is 1.84 bits per heavy atom. The smallest absolute Gasteiger partial charge is 0.316 e. The first-order valence-electron chi connectivity index (χ1n) is 7.16. The van der Waals surface area contributed by atoms with Gasteiger partial charge in [-0.3, -0.25) is 0 Å². The van der Waals surface area contributed by atoms with Crippen molar-refractivity contribution in [1.29, 1.82) is 0 Å². The Kier molecular flexibility index (Phi) is 4.18. The van der Waals surface area contributed by atoms with Crippen LogP contribution in [0.3, 0.4) is 0 Å². The molecule has 1 aliphatic carbocycles. The molecule has 0 amide bonds. The van der Waals surface area contributed by atoms with Crippen molar-refractivity contribution >= 4 is 11.6 Å². The monoisotopic (exact) mass is 281 g/mol. The van der Waals surface area contributed by atoms with Crippen molar-refractivity contribution in [2.75, 3.05) is 19.6 Å². The highest BCUT2D eigenvalue weighted by molar-refractivity contribution is 6.30. The number of piperidine rings is 1. The minimum absolute atomic E-state index is 0.249. The molecule has 5 heteroatoms. The van der Waals surface area contributed by atoms with Gasteiger partial charge in [-0.2, -0.15) is 0 Å². The fourth-order valence-corrected chi connectivity index (χ4v) is 2.86. The minimum Gasteiger partial charge on any atom is -0.460 e. The van der Waals surface area contributed by atoms with Crippen molar-refractivity contribution in [1.82, 2.24) is 14.9 Å². The molecular weight excluding hydrogens is 262 g/mol. The van der Waals surface area contributed by atoms with Crippen LogP contribution in [0.15, 0.2) is 12.4 Å². The Labute approximate surface area is 119 Å². The Bertz CT molecular complexity index is 400. The SMILES string of the molecule is Clc1cnc(OC2CCN(CC3CCC3)CC2)nc1. The second-order valence-electron chi connectivity index (χ2n) is 5.60. The molecular formula is C14H20ClN3O. The molecule has 0 N–H and O–H groups in total. The average molecular weight is 282 g/mol. The van der Waals surface area contributed by atoms with E-state index in [1.54, 1.807) is 12.4 Å². The van der Waals surface area contributed by atoms with E-state index in [0.29, 0.717) is 11.0 Å². The van der Waals surface area contributed by atoms with E-state index < -0.39 is 0 Å². The summed E-state index contributed by atoms with van der Waals surface area (Å²) in [6.45, 7) is 3.55. The predicted molar refractivity (Wildman–Crippen MR) is 74.5 cm³/mol. The lowest BCUT2D eigenvalue weighted by Gasteiger charge is -2.36. The predicted octanol–water partition coefficient (Wildman–Crippen LogP) is 2.77. The Morgan fingerprint density at radius 3 is 2.42 bits per heavy atom. The lowest BCUT2D eigenvalue weighted by atomic mass is 9.85. The molecule has 19 heavy (non-hydrogen) atoms. The maximum atomic E-state index is 5.80. The van der Waals surface area contributed by atoms with Crippen LogP contribution in [-0.4, -0.2) is 40.6 Å². The van der Waals surface area contributed by atoms with E-state index >= 15 is 0 Å². The molecule has 2 heterocycles. The zero-order valence-corrected chi connectivity index (χ0v) is 11.9. The first-order chi connectivity index (χ1) is 9.29. The fraction of sp³-hybridized carbons (Fsp3) is 0.714. The fourth-order valence-electron chi connectivity index (χ4n) is 2.76. The number of ether oxygens (including phenoxy) is 1. The molecule has 1 saturated carbocycles. The van der Waals surface area contributed by atoms with Crippen LogP contribution in [-0.2, 0) is 0 Å². The van der Waals surface area contributed by atoms with Crippen LogP contribution in [0.25, 0.3) is 0 Å². The highest BCUT2D eigenvalue weighted by atomic mass is 35.5. The number of halogens is 1. The van der Waals surface area contributed by atoms with Gasteiger partial charge >= 0.3 is 6.01 Å². The van der Waals surface area contributed by atoms with Gasteiger partial charge in [-0.15, -0.1) is 0 Å². The molecule has 0 atom stereocenters. The molecule has 2 aliphatic rings. The number of likely N-dealkylation sites (tertiary alicyclic amines) is 1. The van der Waals surface area contributed by atoms with Crippen molar-refractivity contribution in [2.45, 2.75) is 38.2 Å². The van der Waals surface area contributed by atoms with Crippen molar-refractivity contribution in [2.24, 2.45) is 5.92 Å². The molecule has 0 spiro atoms. The van der Waals surface area contributed by atoms with E-state index in [1.807, 2.05) is 0 Å². The third kappa shape index (κ3) is 3.57. The maximum absolute atomic E-state index is 5.80. The van der Waals surface area contributed by atoms with Crippen LogP contribution in [0, 0.1) is 5.92 Å². The number of aromatic nitrogens is 2. The van der Waals surface area contributed by atoms with E-state index in [0.717, 1.165) is 31.8 Å². The van der Waals surface area contributed by atoms with Crippen LogP contribution >= 0.6 is 11.6 Å². The van der Waals surface area contributed by atoms with Gasteiger partial charge in [0.05, 0.1) is 17.4 Å². The van der Waals surface area contributed by atoms with E-state index in [-0.39, 0.29) is 6.10 Å². The first kappa shape index (κ1) is 13.1. The zero-order chi connectivity index (χ0) is 13.1. The van der Waals surface area contributed by atoms with E-state index in [9.17, 15) is 0 Å². The van der Waals surface area contributed by atoms with Crippen LogP contribution in [0.4, 0.5) is 0 Å². The topological polar surface area (TPSA) is 38.2 Å². The van der Waals surface area contributed by atoms with Gasteiger partial charge < -0.3 is 9.64 Å². The van der Waals surface area contributed by atoms with E-state index in [2.05, 4.69) is 14.9 Å². The lowest BCUT2D eigenvalue weighted by molar-refractivity contribution is 0.0747. The number of hydrogen-bond donors (Lipinski definition) is 0. The van der Waals surface area contributed by atoms with Gasteiger partial charge in [0.2, 0.25) is 0 Å². The maximum Gasteiger partial charge on any atom is 0.316 e. The number of nitrogens with zero attached hydrogens (tertiary/aromatic N) is 3. The molecule has 4 nitrogen and oxygen atoms in total. The summed E-state index contributed by atoms with van der Waals surface area (Å²) in [6.07, 6.45) is 9.82. The molecule has 1 aliphatic heterocycles. The van der Waals surface area contributed by atoms with Gasteiger partial charge in [0, 0.05) is 19.6 Å². The van der Waals surface area contributed by atoms with Gasteiger partial charge in [0.1, 0.15) is 6.10 Å².